The lowest BCUT2D eigenvalue weighted by Crippen LogP contribution is -2.39. The number of amides is 2. The molecule has 2 aromatic heterocycles. The summed E-state index contributed by atoms with van der Waals surface area (Å²) in [7, 11) is -2.15. The Morgan fingerprint density at radius 3 is 2.49 bits per heavy atom. The number of hydrogen-bond donors (Lipinski definition) is 2. The average molecular weight is 665 g/mol. The molecule has 0 spiro atoms. The zero-order chi connectivity index (χ0) is 33.5. The highest BCUT2D eigenvalue weighted by atomic mass is 32.2. The number of H-pyrrole nitrogens is 1. The van der Waals surface area contributed by atoms with Crippen LogP contribution in [0.2, 0.25) is 0 Å². The number of aromatic amines is 1. The van der Waals surface area contributed by atoms with E-state index in [1.807, 2.05) is 0 Å². The summed E-state index contributed by atoms with van der Waals surface area (Å²) in [6.45, 7) is -0.0656. The van der Waals surface area contributed by atoms with E-state index < -0.39 is 33.5 Å². The lowest BCUT2D eigenvalue weighted by molar-refractivity contribution is -0.141. The number of aromatic nitrogens is 4. The SMILES string of the molecule is COc1ccc(-n2nc(C(F)(F)F)c3c2C(=O)N(c2ccc(-c4ccccc4S(C)(=O)=O)cc2)CC3)c(C(=O)NCc2ncc[nH]2)c1. The van der Waals surface area contributed by atoms with Gasteiger partial charge in [0.1, 0.15) is 17.3 Å². The van der Waals surface area contributed by atoms with Gasteiger partial charge < -0.3 is 19.9 Å². The molecule has 11 nitrogen and oxygen atoms in total. The van der Waals surface area contributed by atoms with Gasteiger partial charge in [0.2, 0.25) is 0 Å². The van der Waals surface area contributed by atoms with Crippen LogP contribution in [-0.2, 0) is 29.0 Å². The van der Waals surface area contributed by atoms with E-state index in [1.165, 1.54) is 42.5 Å². The van der Waals surface area contributed by atoms with Gasteiger partial charge in [-0.25, -0.2) is 18.1 Å². The number of fused-ring (bicyclic) bond motifs is 1. The molecule has 2 amide bonds. The standard InChI is InChI=1S/C32H27F3N6O5S/c1-46-21-11-12-25(24(17-21)30(42)38-18-27-36-14-15-37-27)41-28-23(29(39-41)32(33,34)35)13-16-40(31(28)43)20-9-7-19(8-10-20)22-5-3-4-6-26(22)47(2,44)45/h3-12,14-15,17H,13,16,18H2,1-2H3,(H,36,37)(H,38,42). The lowest BCUT2D eigenvalue weighted by Gasteiger charge is -2.28. The molecular weight excluding hydrogens is 637 g/mol. The highest BCUT2D eigenvalue weighted by Crippen LogP contribution is 2.38. The third kappa shape index (κ3) is 6.08. The Morgan fingerprint density at radius 2 is 1.83 bits per heavy atom. The van der Waals surface area contributed by atoms with E-state index in [2.05, 4.69) is 20.4 Å². The Labute approximate surface area is 266 Å². The molecule has 6 rings (SSSR count). The first kappa shape index (κ1) is 31.5. The number of anilines is 1. The third-order valence-electron chi connectivity index (χ3n) is 7.71. The van der Waals surface area contributed by atoms with Crippen LogP contribution in [0.15, 0.2) is 84.0 Å². The minimum Gasteiger partial charge on any atom is -0.497 e. The molecular formula is C32H27F3N6O5S. The minimum absolute atomic E-state index is 0.00482. The van der Waals surface area contributed by atoms with Crippen LogP contribution in [0.3, 0.4) is 0 Å². The number of benzene rings is 3. The van der Waals surface area contributed by atoms with Crippen molar-refractivity contribution in [3.05, 3.63) is 107 Å². The zero-order valence-corrected chi connectivity index (χ0v) is 25.8. The highest BCUT2D eigenvalue weighted by Gasteiger charge is 2.43. The van der Waals surface area contributed by atoms with E-state index in [0.717, 1.165) is 10.9 Å². The van der Waals surface area contributed by atoms with Crippen LogP contribution in [0.1, 0.15) is 37.9 Å². The molecule has 0 atom stereocenters. The fraction of sp³-hybridized carbons (Fsp3) is 0.188. The molecule has 242 valence electrons. The number of methoxy groups -OCH3 is 1. The maximum Gasteiger partial charge on any atom is 0.435 e. The summed E-state index contributed by atoms with van der Waals surface area (Å²) in [4.78, 5) is 35.8. The Morgan fingerprint density at radius 1 is 1.09 bits per heavy atom. The normalized spacial score (nSPS) is 13.4. The molecule has 0 radical (unpaired) electrons. The van der Waals surface area contributed by atoms with Crippen molar-refractivity contribution in [2.75, 3.05) is 24.8 Å². The number of alkyl halides is 3. The van der Waals surface area contributed by atoms with Crippen LogP contribution in [0.4, 0.5) is 18.9 Å². The summed E-state index contributed by atoms with van der Waals surface area (Å²) in [5, 5.41) is 6.53. The maximum absolute atomic E-state index is 14.3. The van der Waals surface area contributed by atoms with E-state index in [4.69, 9.17) is 4.74 Å². The number of carbonyl (C=O) groups is 2. The van der Waals surface area contributed by atoms with Gasteiger partial charge in [-0.15, -0.1) is 0 Å². The number of halogens is 3. The second-order valence-electron chi connectivity index (χ2n) is 10.7. The fourth-order valence-electron chi connectivity index (χ4n) is 5.52. The molecule has 0 unspecified atom stereocenters. The van der Waals surface area contributed by atoms with Crippen molar-refractivity contribution in [1.82, 2.24) is 25.1 Å². The molecule has 1 aliphatic heterocycles. The number of sulfone groups is 1. The van der Waals surface area contributed by atoms with Crippen molar-refractivity contribution in [3.8, 4) is 22.6 Å². The van der Waals surface area contributed by atoms with Crippen LogP contribution in [0, 0.1) is 0 Å². The topological polar surface area (TPSA) is 139 Å². The molecule has 3 heterocycles. The number of nitrogens with one attached hydrogen (secondary N) is 2. The average Bonchev–Trinajstić information content (AvgIpc) is 3.72. The van der Waals surface area contributed by atoms with Gasteiger partial charge in [0.15, 0.2) is 15.5 Å². The largest absolute Gasteiger partial charge is 0.497 e. The quantitative estimate of drug-likeness (QED) is 0.242. The summed E-state index contributed by atoms with van der Waals surface area (Å²) in [6.07, 6.45) is -0.843. The van der Waals surface area contributed by atoms with Gasteiger partial charge in [-0.1, -0.05) is 30.3 Å². The summed E-state index contributed by atoms with van der Waals surface area (Å²) < 4.78 is 73.6. The molecule has 47 heavy (non-hydrogen) atoms. The first-order valence-corrected chi connectivity index (χ1v) is 16.1. The molecule has 5 aromatic rings. The second kappa shape index (κ2) is 12.1. The molecule has 0 saturated carbocycles. The smallest absolute Gasteiger partial charge is 0.435 e. The van der Waals surface area contributed by atoms with Crippen LogP contribution < -0.4 is 15.0 Å². The molecule has 1 aliphatic rings. The molecule has 0 fully saturated rings. The minimum atomic E-state index is -4.87. The fourth-order valence-corrected chi connectivity index (χ4v) is 6.43. The maximum atomic E-state index is 14.3. The van der Waals surface area contributed by atoms with Gasteiger partial charge in [0, 0.05) is 42.0 Å². The molecule has 0 bridgehead atoms. The van der Waals surface area contributed by atoms with E-state index in [1.54, 1.807) is 48.7 Å². The van der Waals surface area contributed by atoms with Crippen LogP contribution in [0.25, 0.3) is 16.8 Å². The molecule has 2 N–H and O–H groups in total. The number of nitrogens with zero attached hydrogens (tertiary/aromatic N) is 4. The van der Waals surface area contributed by atoms with Gasteiger partial charge in [-0.3, -0.25) is 9.59 Å². The monoisotopic (exact) mass is 664 g/mol. The summed E-state index contributed by atoms with van der Waals surface area (Å²) >= 11 is 0. The van der Waals surface area contributed by atoms with Gasteiger partial charge in [-0.05, 0) is 48.4 Å². The van der Waals surface area contributed by atoms with Gasteiger partial charge >= 0.3 is 6.18 Å². The van der Waals surface area contributed by atoms with E-state index in [-0.39, 0.29) is 52.7 Å². The number of hydrogen-bond acceptors (Lipinski definition) is 7. The highest BCUT2D eigenvalue weighted by molar-refractivity contribution is 7.90. The number of ether oxygens (including phenoxy) is 1. The van der Waals surface area contributed by atoms with Crippen molar-refractivity contribution in [3.63, 3.8) is 0 Å². The predicted molar refractivity (Wildman–Crippen MR) is 165 cm³/mol. The molecule has 3 aromatic carbocycles. The van der Waals surface area contributed by atoms with E-state index >= 15 is 0 Å². The summed E-state index contributed by atoms with van der Waals surface area (Å²) in [5.74, 6) is -0.691. The Hall–Kier alpha value is -5.44. The summed E-state index contributed by atoms with van der Waals surface area (Å²) in [6, 6.07) is 17.2. The van der Waals surface area contributed by atoms with Crippen LogP contribution in [-0.4, -0.2) is 59.9 Å². The lowest BCUT2D eigenvalue weighted by atomic mass is 10.0. The van der Waals surface area contributed by atoms with Crippen molar-refractivity contribution in [2.45, 2.75) is 24.0 Å². The van der Waals surface area contributed by atoms with Gasteiger partial charge in [0.25, 0.3) is 11.8 Å². The number of carbonyl (C=O) groups excluding carboxylic acids is 2. The Bertz CT molecular complexity index is 2090. The van der Waals surface area contributed by atoms with Crippen LogP contribution in [0.5, 0.6) is 5.75 Å². The van der Waals surface area contributed by atoms with Crippen molar-refractivity contribution in [1.29, 1.82) is 0 Å². The van der Waals surface area contributed by atoms with Gasteiger partial charge in [0.05, 0.1) is 29.8 Å². The Balaban J connectivity index is 1.40. The van der Waals surface area contributed by atoms with E-state index in [0.29, 0.717) is 22.6 Å². The van der Waals surface area contributed by atoms with Crippen molar-refractivity contribution >= 4 is 27.3 Å². The Kier molecular flexibility index (Phi) is 8.09. The van der Waals surface area contributed by atoms with Crippen molar-refractivity contribution in [2.24, 2.45) is 0 Å². The summed E-state index contributed by atoms with van der Waals surface area (Å²) in [5.41, 5.74) is -0.534. The zero-order valence-electron chi connectivity index (χ0n) is 25.0. The first-order valence-electron chi connectivity index (χ1n) is 14.2. The van der Waals surface area contributed by atoms with Crippen molar-refractivity contribution < 1.29 is 35.9 Å². The second-order valence-corrected chi connectivity index (χ2v) is 12.7. The predicted octanol–water partition coefficient (Wildman–Crippen LogP) is 4.83. The number of rotatable bonds is 8. The molecule has 0 aliphatic carbocycles. The third-order valence-corrected chi connectivity index (χ3v) is 8.86. The van der Waals surface area contributed by atoms with Gasteiger partial charge in [-0.2, -0.15) is 18.3 Å². The van der Waals surface area contributed by atoms with E-state index in [9.17, 15) is 31.2 Å². The van der Waals surface area contributed by atoms with Crippen LogP contribution >= 0.6 is 0 Å². The molecule has 0 saturated heterocycles. The first-order chi connectivity index (χ1) is 22.4. The number of imidazole rings is 1. The molecule has 15 heteroatoms.